The van der Waals surface area contributed by atoms with Crippen LogP contribution >= 0.6 is 23.4 Å². The second-order valence-corrected chi connectivity index (χ2v) is 9.48. The van der Waals surface area contributed by atoms with Gasteiger partial charge in [0.2, 0.25) is 11.8 Å². The van der Waals surface area contributed by atoms with Gasteiger partial charge in [0.25, 0.3) is 0 Å². The first-order valence-corrected chi connectivity index (χ1v) is 11.5. The first-order valence-electron chi connectivity index (χ1n) is 10.2. The van der Waals surface area contributed by atoms with Gasteiger partial charge in [0, 0.05) is 61.5 Å². The highest BCUT2D eigenvalue weighted by Crippen LogP contribution is 2.38. The molecule has 1 atom stereocenters. The topological polar surface area (TPSA) is 70.0 Å². The Morgan fingerprint density at radius 1 is 1.19 bits per heavy atom. The fourth-order valence-corrected chi connectivity index (χ4v) is 5.25. The highest BCUT2D eigenvalue weighted by Gasteiger charge is 2.31. The van der Waals surface area contributed by atoms with Crippen LogP contribution in [0.5, 0.6) is 0 Å². The van der Waals surface area contributed by atoms with Crippen molar-refractivity contribution in [2.24, 2.45) is 0 Å². The predicted molar refractivity (Wildman–Crippen MR) is 121 cm³/mol. The molecule has 2 aliphatic rings. The Balaban J connectivity index is 1.15. The number of rotatable bonds is 4. The molecule has 9 heteroatoms. The molecule has 3 aromatic rings. The largest absolute Gasteiger partial charge is 0.340 e. The number of piperazine rings is 1. The predicted octanol–water partition coefficient (Wildman–Crippen LogP) is 3.14. The minimum Gasteiger partial charge on any atom is -0.340 e. The van der Waals surface area contributed by atoms with Crippen LogP contribution in [-0.2, 0) is 16.1 Å². The summed E-state index contributed by atoms with van der Waals surface area (Å²) in [7, 11) is 0. The number of anilines is 1. The third kappa shape index (κ3) is 4.42. The van der Waals surface area contributed by atoms with Crippen molar-refractivity contribution in [1.82, 2.24) is 19.2 Å². The Bertz CT molecular complexity index is 1110. The maximum absolute atomic E-state index is 12.8. The fourth-order valence-electron chi connectivity index (χ4n) is 3.99. The lowest BCUT2D eigenvalue weighted by molar-refractivity contribution is -0.134. The Morgan fingerprint density at radius 2 is 2.03 bits per heavy atom. The molecule has 31 heavy (non-hydrogen) atoms. The molecule has 1 saturated heterocycles. The summed E-state index contributed by atoms with van der Waals surface area (Å²) in [5.74, 6) is -0.115. The Labute approximate surface area is 189 Å². The van der Waals surface area contributed by atoms with E-state index in [4.69, 9.17) is 11.6 Å². The van der Waals surface area contributed by atoms with Crippen LogP contribution in [0.1, 0.15) is 12.1 Å². The highest BCUT2D eigenvalue weighted by atomic mass is 35.5. The van der Waals surface area contributed by atoms with Crippen LogP contribution in [0.25, 0.3) is 5.65 Å². The van der Waals surface area contributed by atoms with Crippen molar-refractivity contribution in [1.29, 1.82) is 0 Å². The first-order chi connectivity index (χ1) is 15.0. The number of aromatic nitrogens is 2. The molecular weight excluding hydrogens is 434 g/mol. The molecule has 160 valence electrons. The van der Waals surface area contributed by atoms with Crippen molar-refractivity contribution in [3.63, 3.8) is 0 Å². The second kappa shape index (κ2) is 8.53. The summed E-state index contributed by atoms with van der Waals surface area (Å²) in [6.45, 7) is 3.69. The zero-order valence-corrected chi connectivity index (χ0v) is 18.4. The summed E-state index contributed by atoms with van der Waals surface area (Å²) in [5, 5.41) is 3.03. The van der Waals surface area contributed by atoms with E-state index in [9.17, 15) is 9.59 Å². The summed E-state index contributed by atoms with van der Waals surface area (Å²) in [6.07, 6.45) is 4.25. The number of hydrogen-bond donors (Lipinski definition) is 1. The van der Waals surface area contributed by atoms with Gasteiger partial charge in [0.15, 0.2) is 0 Å². The molecule has 0 bridgehead atoms. The van der Waals surface area contributed by atoms with Crippen LogP contribution in [0.4, 0.5) is 5.69 Å². The van der Waals surface area contributed by atoms with Crippen LogP contribution in [0.15, 0.2) is 53.7 Å². The summed E-state index contributed by atoms with van der Waals surface area (Å²) >= 11 is 7.43. The van der Waals surface area contributed by atoms with Gasteiger partial charge >= 0.3 is 0 Å². The standard InChI is InChI=1S/C22H22ClN5O2S/c23-15-4-5-18-17(11-15)25-22(30)19(31-18)12-21(29)27-9-7-26(8-10-27)13-16-14-28-6-2-1-3-20(28)24-16/h1-6,11,14,19H,7-10,12-13H2,(H,25,30). The molecule has 1 aromatic carbocycles. The number of nitrogens with one attached hydrogen (secondary N) is 1. The number of pyridine rings is 1. The lowest BCUT2D eigenvalue weighted by Crippen LogP contribution is -2.49. The third-order valence-electron chi connectivity index (χ3n) is 5.65. The van der Waals surface area contributed by atoms with E-state index in [1.807, 2.05) is 39.8 Å². The minimum atomic E-state index is -0.419. The number of carbonyl (C=O) groups excluding carboxylic acids is 2. The van der Waals surface area contributed by atoms with Crippen molar-refractivity contribution in [3.05, 3.63) is 59.5 Å². The maximum Gasteiger partial charge on any atom is 0.238 e. The molecule has 1 unspecified atom stereocenters. The molecule has 0 saturated carbocycles. The van der Waals surface area contributed by atoms with Crippen LogP contribution in [0.2, 0.25) is 5.02 Å². The zero-order valence-electron chi connectivity index (χ0n) is 16.8. The third-order valence-corrected chi connectivity index (χ3v) is 7.16. The zero-order chi connectivity index (χ0) is 21.4. The molecule has 0 aliphatic carbocycles. The molecule has 0 radical (unpaired) electrons. The molecule has 0 spiro atoms. The Kier molecular flexibility index (Phi) is 5.60. The van der Waals surface area contributed by atoms with E-state index in [1.165, 1.54) is 11.8 Å². The summed E-state index contributed by atoms with van der Waals surface area (Å²) in [5.41, 5.74) is 2.69. The number of thioether (sulfide) groups is 1. The second-order valence-electron chi connectivity index (χ2n) is 7.80. The van der Waals surface area contributed by atoms with Crippen LogP contribution in [0, 0.1) is 0 Å². The van der Waals surface area contributed by atoms with Crippen molar-refractivity contribution in [3.8, 4) is 0 Å². The van der Waals surface area contributed by atoms with E-state index in [0.717, 1.165) is 35.9 Å². The van der Waals surface area contributed by atoms with Gasteiger partial charge in [-0.1, -0.05) is 17.7 Å². The number of benzene rings is 1. The summed E-state index contributed by atoms with van der Waals surface area (Å²) in [6, 6.07) is 11.4. The van der Waals surface area contributed by atoms with Crippen molar-refractivity contribution >= 4 is 46.5 Å². The number of hydrogen-bond acceptors (Lipinski definition) is 5. The van der Waals surface area contributed by atoms with Gasteiger partial charge in [-0.05, 0) is 30.3 Å². The van der Waals surface area contributed by atoms with Gasteiger partial charge in [-0.25, -0.2) is 4.98 Å². The van der Waals surface area contributed by atoms with E-state index in [-0.39, 0.29) is 18.2 Å². The van der Waals surface area contributed by atoms with Gasteiger partial charge in [0.1, 0.15) is 5.65 Å². The average molecular weight is 456 g/mol. The molecule has 2 amide bonds. The van der Waals surface area contributed by atoms with Gasteiger partial charge < -0.3 is 14.6 Å². The van der Waals surface area contributed by atoms with Crippen molar-refractivity contribution in [2.75, 3.05) is 31.5 Å². The Hall–Kier alpha value is -2.55. The van der Waals surface area contributed by atoms with Crippen molar-refractivity contribution in [2.45, 2.75) is 23.1 Å². The molecule has 1 fully saturated rings. The Morgan fingerprint density at radius 3 is 2.84 bits per heavy atom. The van der Waals surface area contributed by atoms with Gasteiger partial charge in [-0.15, -0.1) is 11.8 Å². The maximum atomic E-state index is 12.8. The van der Waals surface area contributed by atoms with E-state index in [0.29, 0.717) is 23.8 Å². The normalized spacial score (nSPS) is 19.3. The first kappa shape index (κ1) is 20.4. The van der Waals surface area contributed by atoms with E-state index in [1.54, 1.807) is 12.1 Å². The molecular formula is C22H22ClN5O2S. The molecule has 5 rings (SSSR count). The number of fused-ring (bicyclic) bond motifs is 2. The smallest absolute Gasteiger partial charge is 0.238 e. The number of amides is 2. The lowest BCUT2D eigenvalue weighted by atomic mass is 10.2. The monoisotopic (exact) mass is 455 g/mol. The molecule has 7 nitrogen and oxygen atoms in total. The van der Waals surface area contributed by atoms with Gasteiger partial charge in [-0.3, -0.25) is 14.5 Å². The SMILES string of the molecule is O=C1Nc2cc(Cl)ccc2SC1CC(=O)N1CCN(Cc2cn3ccccc3n2)CC1. The average Bonchev–Trinajstić information content (AvgIpc) is 3.17. The van der Waals surface area contributed by atoms with Crippen molar-refractivity contribution < 1.29 is 9.59 Å². The fraction of sp³-hybridized carbons (Fsp3) is 0.318. The lowest BCUT2D eigenvalue weighted by Gasteiger charge is -2.35. The summed E-state index contributed by atoms with van der Waals surface area (Å²) < 4.78 is 2.02. The number of halogens is 1. The highest BCUT2D eigenvalue weighted by molar-refractivity contribution is 8.01. The van der Waals surface area contributed by atoms with Gasteiger partial charge in [-0.2, -0.15) is 0 Å². The molecule has 2 aromatic heterocycles. The quantitative estimate of drug-likeness (QED) is 0.654. The van der Waals surface area contributed by atoms with Crippen LogP contribution in [-0.4, -0.2) is 62.4 Å². The van der Waals surface area contributed by atoms with Crippen LogP contribution < -0.4 is 5.32 Å². The van der Waals surface area contributed by atoms with E-state index < -0.39 is 5.25 Å². The summed E-state index contributed by atoms with van der Waals surface area (Å²) in [4.78, 5) is 35.1. The molecule has 4 heterocycles. The van der Waals surface area contributed by atoms with Gasteiger partial charge in [0.05, 0.1) is 16.6 Å². The minimum absolute atomic E-state index is 0.0254. The number of imidazole rings is 1. The molecule has 2 aliphatic heterocycles. The number of carbonyl (C=O) groups is 2. The van der Waals surface area contributed by atoms with E-state index in [2.05, 4.69) is 21.4 Å². The number of nitrogens with zero attached hydrogens (tertiary/aromatic N) is 4. The van der Waals surface area contributed by atoms with Crippen LogP contribution in [0.3, 0.4) is 0 Å². The van der Waals surface area contributed by atoms with E-state index >= 15 is 0 Å². The molecule has 1 N–H and O–H groups in total.